The van der Waals surface area contributed by atoms with E-state index < -0.39 is 174 Å². The highest BCUT2D eigenvalue weighted by atomic mass is 31.2. The van der Waals surface area contributed by atoms with Crippen molar-refractivity contribution in [1.29, 1.82) is 0 Å². The molecule has 0 aliphatic carbocycles. The SMILES string of the molecule is Nc1ccn([C@H]2C[C@H](O)[C@@H](COP(=O)(O)O[C@H]3C[C@H](n4cnc5c(N)ncnc54)O[C@@H]3COP(=O)(O)O[C@H]3C[C@H](n4cnc5c(=O)[nH]c(N)nc54)O[C@@H]3COP(=O)(O)O[C@H]3C[C@H](n4cnc5c(N)ncnc54)O[C@@H]3COP(=O)(O)O[C@H]3C[C@H](n4cnc5c(N)ncnc54)O[C@@H]3CO)O2)c(=O)n1. The normalized spacial score (nSPS) is 29.5. The maximum absolute atomic E-state index is 14.3. The maximum Gasteiger partial charge on any atom is 0.472 e. The zero-order valence-electron chi connectivity index (χ0n) is 51.6. The highest BCUT2D eigenvalue weighted by Crippen LogP contribution is 2.55. The molecule has 17 N–H and O–H groups in total. The van der Waals surface area contributed by atoms with E-state index in [4.69, 9.17) is 88.5 Å². The zero-order chi connectivity index (χ0) is 71.0. The lowest BCUT2D eigenvalue weighted by Crippen LogP contribution is -2.32. The molecule has 14 rings (SSSR count). The molecule has 0 bridgehead atoms. The molecule has 5 aliphatic rings. The number of hydrogen-bond donors (Lipinski definition) is 12. The van der Waals surface area contributed by atoms with E-state index in [1.807, 2.05) is 0 Å². The second-order valence-electron chi connectivity index (χ2n) is 23.3. The van der Waals surface area contributed by atoms with Crippen molar-refractivity contribution in [2.45, 2.75) is 124 Å². The number of fused-ring (bicyclic) bond motifs is 4. The molecule has 0 radical (unpaired) electrons. The number of nitrogens with one attached hydrogen (secondary N) is 1. The summed E-state index contributed by atoms with van der Waals surface area (Å²) in [5, 5.41) is 21.1. The first-order chi connectivity index (χ1) is 48.1. The molecule has 48 nitrogen and oxygen atoms in total. The van der Waals surface area contributed by atoms with Crippen molar-refractivity contribution in [3.63, 3.8) is 0 Å². The highest BCUT2D eigenvalue weighted by Gasteiger charge is 2.50. The minimum atomic E-state index is -5.47. The van der Waals surface area contributed by atoms with Gasteiger partial charge in [0.2, 0.25) is 5.95 Å². The Hall–Kier alpha value is -7.96. The van der Waals surface area contributed by atoms with Gasteiger partial charge in [0.25, 0.3) is 5.56 Å². The summed E-state index contributed by atoms with van der Waals surface area (Å²) in [7, 11) is -21.3. The van der Waals surface area contributed by atoms with Crippen molar-refractivity contribution in [2.24, 2.45) is 0 Å². The average molecular weight is 1500 g/mol. The lowest BCUT2D eigenvalue weighted by atomic mass is 10.2. The van der Waals surface area contributed by atoms with E-state index in [-0.39, 0.29) is 99.6 Å². The lowest BCUT2D eigenvalue weighted by Gasteiger charge is -2.25. The van der Waals surface area contributed by atoms with E-state index in [9.17, 15) is 57.6 Å². The molecule has 4 unspecified atom stereocenters. The summed E-state index contributed by atoms with van der Waals surface area (Å²) < 4.78 is 138. The fourth-order valence-electron chi connectivity index (χ4n) is 12.1. The van der Waals surface area contributed by atoms with Gasteiger partial charge >= 0.3 is 37.0 Å². The number of imidazole rings is 4. The Bertz CT molecular complexity index is 4910. The molecular formula is C49H61N23O25P4. The average Bonchev–Trinajstić information content (AvgIpc) is 1.65. The van der Waals surface area contributed by atoms with Gasteiger partial charge in [0, 0.05) is 38.3 Å². The van der Waals surface area contributed by atoms with Crippen LogP contribution in [0.15, 0.2) is 66.1 Å². The van der Waals surface area contributed by atoms with Crippen molar-refractivity contribution in [2.75, 3.05) is 61.7 Å². The van der Waals surface area contributed by atoms with Crippen LogP contribution >= 0.6 is 31.3 Å². The van der Waals surface area contributed by atoms with Gasteiger partial charge in [-0.05, 0) is 6.07 Å². The Morgan fingerprint density at radius 3 is 1.20 bits per heavy atom. The van der Waals surface area contributed by atoms with Crippen LogP contribution in [0.2, 0.25) is 0 Å². The summed E-state index contributed by atoms with van der Waals surface area (Å²) >= 11 is 0. The topological polar surface area (TPSA) is 669 Å². The number of anilines is 5. The molecule has 0 aromatic carbocycles. The Labute approximate surface area is 562 Å². The van der Waals surface area contributed by atoms with Crippen molar-refractivity contribution in [3.05, 3.63) is 77.4 Å². The maximum atomic E-state index is 14.3. The number of aromatic amines is 1. The summed E-state index contributed by atoms with van der Waals surface area (Å²) in [4.78, 5) is 122. The molecule has 101 heavy (non-hydrogen) atoms. The molecule has 0 saturated carbocycles. The fraction of sp³-hybridized carbons (Fsp3) is 0.510. The number of nitrogens with two attached hydrogens (primary N) is 5. The third-order valence-corrected chi connectivity index (χ3v) is 20.9. The number of phosphoric acid groups is 4. The van der Waals surface area contributed by atoms with Gasteiger partial charge in [-0.1, -0.05) is 0 Å². The van der Waals surface area contributed by atoms with E-state index in [2.05, 4.69) is 64.8 Å². The second kappa shape index (κ2) is 27.7. The molecule has 542 valence electrons. The molecule has 0 amide bonds. The van der Waals surface area contributed by atoms with Gasteiger partial charge in [0.1, 0.15) is 127 Å². The molecule has 5 aliphatic heterocycles. The molecule has 14 heterocycles. The van der Waals surface area contributed by atoms with Crippen LogP contribution in [0.3, 0.4) is 0 Å². The predicted octanol–water partition coefficient (Wildman–Crippen LogP) is -1.39. The van der Waals surface area contributed by atoms with E-state index >= 15 is 0 Å². The lowest BCUT2D eigenvalue weighted by molar-refractivity contribution is -0.0634. The number of phosphoric ester groups is 4. The molecule has 9 aromatic heterocycles. The zero-order valence-corrected chi connectivity index (χ0v) is 55.2. The van der Waals surface area contributed by atoms with Crippen molar-refractivity contribution < 1.29 is 108 Å². The molecule has 5 saturated heterocycles. The van der Waals surface area contributed by atoms with Crippen LogP contribution in [0.5, 0.6) is 0 Å². The van der Waals surface area contributed by atoms with Crippen LogP contribution in [-0.4, -0.2) is 211 Å². The van der Waals surface area contributed by atoms with Gasteiger partial charge in [-0.3, -0.25) is 68.8 Å². The van der Waals surface area contributed by atoms with E-state index in [1.165, 1.54) is 55.8 Å². The quantitative estimate of drug-likeness (QED) is 0.0278. The van der Waals surface area contributed by atoms with Crippen LogP contribution in [0.25, 0.3) is 44.7 Å². The van der Waals surface area contributed by atoms with Crippen LogP contribution in [0, 0.1) is 0 Å². The summed E-state index contributed by atoms with van der Waals surface area (Å²) in [6, 6.07) is 1.33. The van der Waals surface area contributed by atoms with E-state index in [0.29, 0.717) is 0 Å². The molecular weight excluding hydrogens is 1430 g/mol. The van der Waals surface area contributed by atoms with Crippen LogP contribution in [-0.2, 0) is 78.1 Å². The van der Waals surface area contributed by atoms with Gasteiger partial charge in [-0.2, -0.15) is 9.97 Å². The molecule has 19 atom stereocenters. The van der Waals surface area contributed by atoms with Crippen molar-refractivity contribution in [1.82, 2.24) is 87.6 Å². The number of H-pyrrole nitrogens is 1. The number of nitrogen functional groups attached to an aromatic ring is 5. The fourth-order valence-corrected chi connectivity index (χ4v) is 15.9. The van der Waals surface area contributed by atoms with Crippen molar-refractivity contribution in [3.8, 4) is 0 Å². The number of ether oxygens (including phenoxy) is 5. The third kappa shape index (κ3) is 14.7. The van der Waals surface area contributed by atoms with Gasteiger partial charge in [-0.15, -0.1) is 0 Å². The number of aliphatic hydroxyl groups is 2. The Morgan fingerprint density at radius 2 is 0.802 bits per heavy atom. The molecule has 0 spiro atoms. The Kier molecular flexibility index (Phi) is 19.2. The van der Waals surface area contributed by atoms with Gasteiger partial charge < -0.3 is 82.1 Å². The number of rotatable bonds is 26. The second-order valence-corrected chi connectivity index (χ2v) is 28.9. The Balaban J connectivity index is 0.674. The first-order valence-corrected chi connectivity index (χ1v) is 36.2. The van der Waals surface area contributed by atoms with Crippen LogP contribution in [0.1, 0.15) is 63.2 Å². The van der Waals surface area contributed by atoms with Gasteiger partial charge in [0.05, 0.1) is 64.4 Å². The van der Waals surface area contributed by atoms with E-state index in [0.717, 1.165) is 23.5 Å². The van der Waals surface area contributed by atoms with Crippen LogP contribution < -0.4 is 39.9 Å². The predicted molar refractivity (Wildman–Crippen MR) is 333 cm³/mol. The summed E-state index contributed by atoms with van der Waals surface area (Å²) in [6.45, 7) is -4.28. The smallest absolute Gasteiger partial charge is 0.394 e. The molecule has 5 fully saturated rings. The first-order valence-electron chi connectivity index (χ1n) is 30.2. The van der Waals surface area contributed by atoms with Crippen molar-refractivity contribution >= 4 is 105 Å². The highest BCUT2D eigenvalue weighted by molar-refractivity contribution is 7.48. The first kappa shape index (κ1) is 70.1. The molecule has 9 aromatic rings. The summed E-state index contributed by atoms with van der Waals surface area (Å²) in [5.41, 5.74) is 28.7. The minimum Gasteiger partial charge on any atom is -0.394 e. The number of hydrogen-bond acceptors (Lipinski definition) is 38. The van der Waals surface area contributed by atoms with Gasteiger partial charge in [-0.25, -0.2) is 72.9 Å². The minimum absolute atomic E-state index is 0.0111. The van der Waals surface area contributed by atoms with E-state index in [1.54, 1.807) is 0 Å². The largest absolute Gasteiger partial charge is 0.472 e. The summed E-state index contributed by atoms with van der Waals surface area (Å²) in [5.74, 6) is -0.352. The third-order valence-electron chi connectivity index (χ3n) is 16.8. The summed E-state index contributed by atoms with van der Waals surface area (Å²) in [6.07, 6.45) is -11.9. The standard InChI is InChI=1S/C49H61N23O25P4/c50-30-1-2-68(49(76)65-30)31-3-20(74)26(90-31)9-85-98(77,78)95-22-5-33(70-17-62-37-41(52)56-14-59-44(37)70)92-28(22)11-87-101(83,84)97-24-7-35(72-19-64-39-46(72)66-48(54)67-47(39)75)93-29(24)12-88-100(81,82)96-23-6-34(71-18-63-38-42(53)57-15-60-45(38)71)91-27(23)10-86-99(79,80)94-21-4-32(89-25(21)8-73)69-16-61-36-40(51)55-13-58-43(36)69/h1-2,13-29,31-35,73-74H,3-12H2,(H,77,78)(H,79,80)(H,81,82)(H,83,84)(H2,50,65,76)(H2,51,55,58)(H2,52,56,59)(H2,53,57,60)(H3,54,66,67,75)/t20-,21-,22-,23-,24-,25+,26+,27+,28+,29+,31+,32+,33+,34+,35+/m0/s1. The Morgan fingerprint density at radius 1 is 0.455 bits per heavy atom. The number of aliphatic hydroxyl groups excluding tert-OH is 2. The van der Waals surface area contributed by atoms with Gasteiger partial charge in [0.15, 0.2) is 45.6 Å². The number of aromatic nitrogens is 18. The monoisotopic (exact) mass is 1500 g/mol. The molecule has 52 heteroatoms. The van der Waals surface area contributed by atoms with Crippen LogP contribution in [0.4, 0.5) is 29.2 Å². The number of nitrogens with zero attached hydrogens (tertiary/aromatic N) is 17.